The van der Waals surface area contributed by atoms with Gasteiger partial charge in [-0.05, 0) is 13.8 Å². The largest absolute Gasteiger partial charge is 0.407 e. The van der Waals surface area contributed by atoms with E-state index in [1.807, 2.05) is 0 Å². The molecule has 0 spiro atoms. The SMILES string of the molecule is CCNc1nnc(C(C(F)(F)F)C(F)(F)F)n1CC. The molecule has 19 heavy (non-hydrogen) atoms. The number of nitrogens with one attached hydrogen (secondary N) is 1. The Morgan fingerprint density at radius 2 is 1.58 bits per heavy atom. The zero-order chi connectivity index (χ0) is 14.8. The van der Waals surface area contributed by atoms with Gasteiger partial charge in [-0.2, -0.15) is 26.3 Å². The van der Waals surface area contributed by atoms with E-state index in [4.69, 9.17) is 0 Å². The number of hydrogen-bond acceptors (Lipinski definition) is 3. The van der Waals surface area contributed by atoms with Crippen molar-refractivity contribution in [1.82, 2.24) is 14.8 Å². The first-order valence-corrected chi connectivity index (χ1v) is 5.43. The van der Waals surface area contributed by atoms with Crippen molar-refractivity contribution in [1.29, 1.82) is 0 Å². The highest BCUT2D eigenvalue weighted by molar-refractivity contribution is 5.27. The van der Waals surface area contributed by atoms with E-state index in [0.717, 1.165) is 4.57 Å². The highest BCUT2D eigenvalue weighted by Gasteiger charge is 2.60. The first-order chi connectivity index (χ1) is 8.62. The van der Waals surface area contributed by atoms with Crippen molar-refractivity contribution in [3.8, 4) is 0 Å². The molecule has 0 amide bonds. The smallest absolute Gasteiger partial charge is 0.355 e. The lowest BCUT2D eigenvalue weighted by Crippen LogP contribution is -2.36. The number of anilines is 1. The van der Waals surface area contributed by atoms with E-state index in [2.05, 4.69) is 15.5 Å². The fourth-order valence-corrected chi connectivity index (χ4v) is 1.61. The highest BCUT2D eigenvalue weighted by atomic mass is 19.4. The van der Waals surface area contributed by atoms with Gasteiger partial charge in [0.15, 0.2) is 5.82 Å². The molecule has 0 fully saturated rings. The third-order valence-electron chi connectivity index (χ3n) is 2.34. The maximum Gasteiger partial charge on any atom is 0.407 e. The molecule has 1 heterocycles. The van der Waals surface area contributed by atoms with Crippen LogP contribution in [0.3, 0.4) is 0 Å². The van der Waals surface area contributed by atoms with Crippen LogP contribution in [0.5, 0.6) is 0 Å². The summed E-state index contributed by atoms with van der Waals surface area (Å²) in [5, 5.41) is 8.94. The number of alkyl halides is 6. The molecule has 10 heteroatoms. The van der Waals surface area contributed by atoms with E-state index < -0.39 is 24.1 Å². The van der Waals surface area contributed by atoms with Crippen molar-refractivity contribution < 1.29 is 26.3 Å². The molecule has 0 bridgehead atoms. The van der Waals surface area contributed by atoms with E-state index in [1.165, 1.54) is 6.92 Å². The number of aromatic nitrogens is 3. The molecule has 0 aliphatic heterocycles. The first-order valence-electron chi connectivity index (χ1n) is 5.43. The summed E-state index contributed by atoms with van der Waals surface area (Å²) < 4.78 is 76.3. The maximum absolute atomic E-state index is 12.6. The average Bonchev–Trinajstić information content (AvgIpc) is 2.57. The Kier molecular flexibility index (Phi) is 4.31. The van der Waals surface area contributed by atoms with Gasteiger partial charge in [0, 0.05) is 13.1 Å². The minimum atomic E-state index is -5.47. The van der Waals surface area contributed by atoms with Crippen LogP contribution in [0.4, 0.5) is 32.3 Å². The van der Waals surface area contributed by atoms with Crippen molar-refractivity contribution >= 4 is 5.95 Å². The number of hydrogen-bond donors (Lipinski definition) is 1. The fourth-order valence-electron chi connectivity index (χ4n) is 1.61. The van der Waals surface area contributed by atoms with Gasteiger partial charge >= 0.3 is 12.4 Å². The Labute approximate surface area is 104 Å². The second-order valence-electron chi connectivity index (χ2n) is 3.67. The lowest BCUT2D eigenvalue weighted by Gasteiger charge is -2.22. The third-order valence-corrected chi connectivity index (χ3v) is 2.34. The molecule has 1 aromatic rings. The topological polar surface area (TPSA) is 42.7 Å². The van der Waals surface area contributed by atoms with Gasteiger partial charge in [0.25, 0.3) is 0 Å². The molecule has 0 unspecified atom stereocenters. The second kappa shape index (κ2) is 5.25. The van der Waals surface area contributed by atoms with Crippen molar-refractivity contribution in [2.45, 2.75) is 38.7 Å². The monoisotopic (exact) mass is 290 g/mol. The molecule has 1 aromatic heterocycles. The van der Waals surface area contributed by atoms with E-state index in [9.17, 15) is 26.3 Å². The van der Waals surface area contributed by atoms with Crippen LogP contribution < -0.4 is 5.32 Å². The third kappa shape index (κ3) is 3.29. The van der Waals surface area contributed by atoms with Crippen molar-refractivity contribution in [3.05, 3.63) is 5.82 Å². The van der Waals surface area contributed by atoms with E-state index >= 15 is 0 Å². The molecule has 1 rings (SSSR count). The molecule has 0 atom stereocenters. The summed E-state index contributed by atoms with van der Waals surface area (Å²) in [6.07, 6.45) is -10.9. The summed E-state index contributed by atoms with van der Waals surface area (Å²) in [5.41, 5.74) is 0. The molecule has 0 saturated carbocycles. The quantitative estimate of drug-likeness (QED) is 0.867. The summed E-state index contributed by atoms with van der Waals surface area (Å²) in [6, 6.07) is 0. The second-order valence-corrected chi connectivity index (χ2v) is 3.67. The minimum Gasteiger partial charge on any atom is -0.355 e. The number of rotatable bonds is 4. The summed E-state index contributed by atoms with van der Waals surface area (Å²) in [5.74, 6) is -4.91. The lowest BCUT2D eigenvalue weighted by molar-refractivity contribution is -0.256. The van der Waals surface area contributed by atoms with Crippen molar-refractivity contribution in [3.63, 3.8) is 0 Å². The van der Waals surface area contributed by atoms with Crippen LogP contribution in [0, 0.1) is 0 Å². The van der Waals surface area contributed by atoms with E-state index in [-0.39, 0.29) is 12.5 Å². The Balaban J connectivity index is 3.32. The normalized spacial score (nSPS) is 13.1. The predicted molar refractivity (Wildman–Crippen MR) is 54.7 cm³/mol. The molecular weight excluding hydrogens is 278 g/mol. The molecule has 0 aliphatic carbocycles. The van der Waals surface area contributed by atoms with Gasteiger partial charge in [-0.15, -0.1) is 10.2 Å². The molecular formula is C9H12F6N4. The van der Waals surface area contributed by atoms with Gasteiger partial charge < -0.3 is 5.32 Å². The molecule has 0 aromatic carbocycles. The van der Waals surface area contributed by atoms with Crippen LogP contribution in [0.1, 0.15) is 25.6 Å². The Bertz CT molecular complexity index is 407. The molecule has 0 saturated heterocycles. The molecule has 4 nitrogen and oxygen atoms in total. The lowest BCUT2D eigenvalue weighted by atomic mass is 10.1. The zero-order valence-electron chi connectivity index (χ0n) is 10.1. The molecule has 1 N–H and O–H groups in total. The predicted octanol–water partition coefficient (Wildman–Crippen LogP) is 2.94. The standard InChI is InChI=1S/C9H12F6N4/c1-3-16-7-18-17-6(19(7)4-2)5(8(10,11)12)9(13,14)15/h5H,3-4H2,1-2H3,(H,16,18). The fraction of sp³-hybridized carbons (Fsp3) is 0.778. The van der Waals surface area contributed by atoms with Crippen LogP contribution in [-0.2, 0) is 6.54 Å². The summed E-state index contributed by atoms with van der Waals surface area (Å²) in [6.45, 7) is 3.25. The summed E-state index contributed by atoms with van der Waals surface area (Å²) in [4.78, 5) is 0. The maximum atomic E-state index is 12.6. The van der Waals surface area contributed by atoms with Gasteiger partial charge in [-0.1, -0.05) is 0 Å². The van der Waals surface area contributed by atoms with E-state index in [1.54, 1.807) is 6.92 Å². The molecule has 0 radical (unpaired) electrons. The molecule has 0 aliphatic rings. The van der Waals surface area contributed by atoms with Crippen LogP contribution >= 0.6 is 0 Å². The van der Waals surface area contributed by atoms with Crippen LogP contribution in [-0.4, -0.2) is 33.7 Å². The highest BCUT2D eigenvalue weighted by Crippen LogP contribution is 2.45. The van der Waals surface area contributed by atoms with Gasteiger partial charge in [0.05, 0.1) is 0 Å². The van der Waals surface area contributed by atoms with Crippen LogP contribution in [0.15, 0.2) is 0 Å². The van der Waals surface area contributed by atoms with E-state index in [0.29, 0.717) is 6.54 Å². The van der Waals surface area contributed by atoms with Gasteiger partial charge in [-0.25, -0.2) is 0 Å². The van der Waals surface area contributed by atoms with Crippen LogP contribution in [0.2, 0.25) is 0 Å². The zero-order valence-corrected chi connectivity index (χ0v) is 10.1. The van der Waals surface area contributed by atoms with Gasteiger partial charge in [-0.3, -0.25) is 4.57 Å². The van der Waals surface area contributed by atoms with Crippen molar-refractivity contribution in [2.24, 2.45) is 0 Å². The Hall–Kier alpha value is -1.48. The van der Waals surface area contributed by atoms with Gasteiger partial charge in [0.2, 0.25) is 11.9 Å². The van der Waals surface area contributed by atoms with Crippen LogP contribution in [0.25, 0.3) is 0 Å². The average molecular weight is 290 g/mol. The summed E-state index contributed by atoms with van der Waals surface area (Å²) >= 11 is 0. The van der Waals surface area contributed by atoms with Crippen molar-refractivity contribution in [2.75, 3.05) is 11.9 Å². The summed E-state index contributed by atoms with van der Waals surface area (Å²) in [7, 11) is 0. The van der Waals surface area contributed by atoms with Gasteiger partial charge in [0.1, 0.15) is 0 Å². The molecule has 110 valence electrons. The first kappa shape index (κ1) is 15.6. The Morgan fingerprint density at radius 3 is 1.95 bits per heavy atom. The minimum absolute atomic E-state index is 0.104. The number of nitrogens with zero attached hydrogens (tertiary/aromatic N) is 3. The number of halogens is 6. The Morgan fingerprint density at radius 1 is 1.05 bits per heavy atom.